The first-order valence-corrected chi connectivity index (χ1v) is 24.2. The topological polar surface area (TPSA) is 65.0 Å². The maximum Gasteiger partial charge on any atom is 0.136 e. The van der Waals surface area contributed by atoms with Crippen LogP contribution >= 0.6 is 0 Å². The molecule has 6 nitrogen and oxygen atoms in total. The molecule has 384 valence electrons. The number of rotatable bonds is 3. The normalized spacial score (nSPS) is 17.2. The molecule has 2 aliphatic rings. The molecule has 0 spiro atoms. The van der Waals surface area contributed by atoms with E-state index in [2.05, 4.69) is 265 Å². The number of aliphatic imine (C=N–C) groups is 5. The number of hydrogen-bond donors (Lipinski definition) is 0. The molecule has 0 saturated heterocycles. The molecule has 0 N–H and O–H groups in total. The van der Waals surface area contributed by atoms with Crippen LogP contribution < -0.4 is 4.90 Å². The van der Waals surface area contributed by atoms with Crippen molar-refractivity contribution in [1.82, 2.24) is 0 Å². The number of para-hydroxylation sites is 1. The predicted molar refractivity (Wildman–Crippen MR) is 317 cm³/mol. The van der Waals surface area contributed by atoms with Gasteiger partial charge < -0.3 is 4.90 Å². The van der Waals surface area contributed by atoms with E-state index in [4.69, 9.17) is 9.98 Å². The van der Waals surface area contributed by atoms with Gasteiger partial charge in [0.1, 0.15) is 5.84 Å². The summed E-state index contributed by atoms with van der Waals surface area (Å²) in [6.45, 7) is 51.5. The van der Waals surface area contributed by atoms with Crippen molar-refractivity contribution in [1.29, 1.82) is 0 Å². The molecule has 0 bridgehead atoms. The Hall–Kier alpha value is -4.97. The number of nitrogens with zero attached hydrogens (tertiary/aromatic N) is 6. The predicted octanol–water partition coefficient (Wildman–Crippen LogP) is 18.2. The van der Waals surface area contributed by atoms with Crippen LogP contribution in [0.1, 0.15) is 187 Å². The Balaban J connectivity index is 0. The first kappa shape index (κ1) is 66.1. The van der Waals surface area contributed by atoms with Crippen LogP contribution in [0.2, 0.25) is 0 Å². The van der Waals surface area contributed by atoms with Gasteiger partial charge in [0.15, 0.2) is 0 Å². The maximum atomic E-state index is 5.06. The van der Waals surface area contributed by atoms with E-state index in [0.717, 1.165) is 34.2 Å². The van der Waals surface area contributed by atoms with E-state index in [1.54, 1.807) is 0 Å². The molecule has 2 aromatic carbocycles. The molecule has 0 aliphatic heterocycles. The van der Waals surface area contributed by atoms with Gasteiger partial charge in [0, 0.05) is 23.0 Å². The van der Waals surface area contributed by atoms with Crippen molar-refractivity contribution in [3.8, 4) is 0 Å². The SMILES string of the molecule is C.C.CC(C)(C)/C=C1/C=CC=CC1=NC(C)(C)C.CC(C)(C)/C=C\C=NC(C)(C)C.CC(C)(C)N=C(c1ccccc1)N(c1ccccc1)C(C)(C)C.CC(C)(C)N=C1C=CC=CC1=NC(C)(C)C. The molecular weight excluding hydrogens is 841 g/mol. The fraction of sp³-hybridized carbons (Fsp3) is 0.540. The molecule has 0 heterocycles. The Bertz CT molecular complexity index is 1980. The molecule has 0 aromatic heterocycles. The molecular formula is C63H102N6. The Morgan fingerprint density at radius 1 is 0.435 bits per heavy atom. The van der Waals surface area contributed by atoms with Crippen LogP contribution in [-0.4, -0.2) is 62.4 Å². The zero-order chi connectivity index (χ0) is 51.7. The molecule has 6 heteroatoms. The summed E-state index contributed by atoms with van der Waals surface area (Å²) < 4.78 is 0. The van der Waals surface area contributed by atoms with Gasteiger partial charge >= 0.3 is 0 Å². The van der Waals surface area contributed by atoms with Gasteiger partial charge in [0.05, 0.1) is 44.8 Å². The fourth-order valence-electron chi connectivity index (χ4n) is 6.07. The van der Waals surface area contributed by atoms with Crippen molar-refractivity contribution >= 4 is 34.9 Å². The summed E-state index contributed by atoms with van der Waals surface area (Å²) in [5, 5.41) is 0. The molecule has 0 fully saturated rings. The number of benzene rings is 2. The van der Waals surface area contributed by atoms with Crippen molar-refractivity contribution < 1.29 is 0 Å². The van der Waals surface area contributed by atoms with Crippen LogP contribution in [-0.2, 0) is 0 Å². The molecule has 0 radical (unpaired) electrons. The van der Waals surface area contributed by atoms with Crippen LogP contribution in [0.4, 0.5) is 5.69 Å². The maximum absolute atomic E-state index is 5.06. The second kappa shape index (κ2) is 27.4. The van der Waals surface area contributed by atoms with Gasteiger partial charge in [-0.25, -0.2) is 0 Å². The summed E-state index contributed by atoms with van der Waals surface area (Å²) >= 11 is 0. The van der Waals surface area contributed by atoms with E-state index < -0.39 is 0 Å². The second-order valence-electron chi connectivity index (χ2n) is 25.4. The van der Waals surface area contributed by atoms with Gasteiger partial charge in [-0.2, -0.15) is 0 Å². The van der Waals surface area contributed by atoms with E-state index >= 15 is 0 Å². The summed E-state index contributed by atoms with van der Waals surface area (Å²) in [6.07, 6.45) is 24.7. The smallest absolute Gasteiger partial charge is 0.136 e. The Kier molecular flexibility index (Phi) is 26.3. The Morgan fingerprint density at radius 3 is 1.19 bits per heavy atom. The molecule has 0 amide bonds. The van der Waals surface area contributed by atoms with Crippen molar-refractivity contribution in [3.05, 3.63) is 139 Å². The third-order valence-electron chi connectivity index (χ3n) is 8.29. The van der Waals surface area contributed by atoms with E-state index in [1.807, 2.05) is 54.8 Å². The number of amidine groups is 1. The average Bonchev–Trinajstić information content (AvgIpc) is 3.12. The van der Waals surface area contributed by atoms with Crippen LogP contribution in [0.3, 0.4) is 0 Å². The summed E-state index contributed by atoms with van der Waals surface area (Å²) in [5.41, 5.74) is 6.66. The highest BCUT2D eigenvalue weighted by Crippen LogP contribution is 2.28. The fourth-order valence-corrected chi connectivity index (χ4v) is 6.07. The quantitative estimate of drug-likeness (QED) is 0.172. The van der Waals surface area contributed by atoms with Gasteiger partial charge in [-0.05, 0) is 177 Å². The highest BCUT2D eigenvalue weighted by atomic mass is 15.2. The van der Waals surface area contributed by atoms with Gasteiger partial charge in [0.25, 0.3) is 0 Å². The van der Waals surface area contributed by atoms with E-state index in [9.17, 15) is 0 Å². The number of hydrogen-bond acceptors (Lipinski definition) is 5. The minimum Gasteiger partial charge on any atom is -0.321 e. The lowest BCUT2D eigenvalue weighted by Crippen LogP contribution is -2.47. The number of allylic oxidation sites excluding steroid dienone is 12. The van der Waals surface area contributed by atoms with Crippen LogP contribution in [0, 0.1) is 10.8 Å². The summed E-state index contributed by atoms with van der Waals surface area (Å²) in [7, 11) is 0. The summed E-state index contributed by atoms with van der Waals surface area (Å²) in [6, 6.07) is 20.9. The standard InChI is InChI=1S/C21H28N2.C15H23N.C14H22N2.C11H21N.2CH4/c1-20(2,3)22-19(17-13-9-7-10-14-17)23(21(4,5)6)18-15-11-8-12-16-18;1-14(2,3)11-12-9-7-8-10-13(12)16-15(4,5)6;1-13(2,3)15-11-9-7-8-10-12(11)16-14(4,5)6;1-10(2,3)8-7-9-12-11(4,5)6;;/h7-16H,1-6H3;7-11H,1-6H3;7-10H,1-6H3;7-9H,1-6H3;2*1H4/b;12-11-,16-13?;;8-7-,12-9?;;. The van der Waals surface area contributed by atoms with Crippen molar-refractivity contribution in [2.24, 2.45) is 35.8 Å². The van der Waals surface area contributed by atoms with Crippen molar-refractivity contribution in [2.45, 2.75) is 214 Å². The summed E-state index contributed by atoms with van der Waals surface area (Å²) in [5.74, 6) is 1.01. The van der Waals surface area contributed by atoms with E-state index in [0.29, 0.717) is 0 Å². The third kappa shape index (κ3) is 32.5. The largest absolute Gasteiger partial charge is 0.321 e. The third-order valence-corrected chi connectivity index (χ3v) is 8.29. The van der Waals surface area contributed by atoms with E-state index in [1.165, 1.54) is 5.57 Å². The lowest BCUT2D eigenvalue weighted by Gasteiger charge is -2.39. The van der Waals surface area contributed by atoms with E-state index in [-0.39, 0.29) is 58.9 Å². The van der Waals surface area contributed by atoms with Crippen molar-refractivity contribution in [3.63, 3.8) is 0 Å². The van der Waals surface area contributed by atoms with Gasteiger partial charge in [-0.1, -0.05) is 147 Å². The van der Waals surface area contributed by atoms with Crippen molar-refractivity contribution in [2.75, 3.05) is 4.90 Å². The minimum absolute atomic E-state index is 0. The van der Waals surface area contributed by atoms with Gasteiger partial charge in [-0.15, -0.1) is 0 Å². The first-order chi connectivity index (χ1) is 30.2. The highest BCUT2D eigenvalue weighted by molar-refractivity contribution is 6.51. The molecule has 0 saturated carbocycles. The molecule has 0 unspecified atom stereocenters. The highest BCUT2D eigenvalue weighted by Gasteiger charge is 2.29. The molecule has 4 rings (SSSR count). The lowest BCUT2D eigenvalue weighted by molar-refractivity contribution is 0.542. The second-order valence-corrected chi connectivity index (χ2v) is 25.4. The molecule has 2 aromatic rings. The minimum atomic E-state index is -0.149. The van der Waals surface area contributed by atoms with Crippen LogP contribution in [0.25, 0.3) is 0 Å². The Morgan fingerprint density at radius 2 is 0.826 bits per heavy atom. The molecule has 69 heavy (non-hydrogen) atoms. The molecule has 0 atom stereocenters. The average molecular weight is 944 g/mol. The lowest BCUT2D eigenvalue weighted by atomic mass is 9.90. The monoisotopic (exact) mass is 943 g/mol. The van der Waals surface area contributed by atoms with Gasteiger partial charge in [-0.3, -0.25) is 25.0 Å². The zero-order valence-electron chi connectivity index (χ0n) is 46.9. The first-order valence-electron chi connectivity index (χ1n) is 24.2. The molecule has 2 aliphatic carbocycles. The number of anilines is 1. The zero-order valence-corrected chi connectivity index (χ0v) is 46.9. The van der Waals surface area contributed by atoms with Crippen LogP contribution in [0.5, 0.6) is 0 Å². The van der Waals surface area contributed by atoms with Crippen LogP contribution in [0.15, 0.2) is 158 Å². The van der Waals surface area contributed by atoms with Gasteiger partial charge in [0.2, 0.25) is 0 Å². The summed E-state index contributed by atoms with van der Waals surface area (Å²) in [4.78, 5) is 25.8. The Labute approximate surface area is 426 Å².